The molecule has 0 bridgehead atoms. The van der Waals surface area contributed by atoms with Gasteiger partial charge in [-0.25, -0.2) is 4.98 Å². The lowest BCUT2D eigenvalue weighted by atomic mass is 10.2. The number of nitrogens with two attached hydrogens (primary N) is 1. The molecule has 2 aromatic rings. The summed E-state index contributed by atoms with van der Waals surface area (Å²) in [4.78, 5) is 16.9. The zero-order chi connectivity index (χ0) is 13.8. The molecule has 0 fully saturated rings. The maximum Gasteiger partial charge on any atom is 0.251 e. The monoisotopic (exact) mass is 276 g/mol. The molecule has 1 aromatic heterocycles. The van der Waals surface area contributed by atoms with E-state index in [0.717, 1.165) is 10.1 Å². The van der Waals surface area contributed by atoms with Crippen molar-refractivity contribution >= 4 is 23.4 Å². The van der Waals surface area contributed by atoms with Gasteiger partial charge < -0.3 is 15.6 Å². The summed E-state index contributed by atoms with van der Waals surface area (Å²) >= 11 is 1.44. The fourth-order valence-electron chi connectivity index (χ4n) is 1.58. The van der Waals surface area contributed by atoms with Gasteiger partial charge in [-0.05, 0) is 36.9 Å². The highest BCUT2D eigenvalue weighted by Crippen LogP contribution is 2.31. The third-order valence-corrected chi connectivity index (χ3v) is 3.74. The molecule has 1 amide bonds. The Bertz CT molecular complexity index is 594. The van der Waals surface area contributed by atoms with Gasteiger partial charge in [-0.3, -0.25) is 4.79 Å². The first-order valence-electron chi connectivity index (χ1n) is 5.94. The van der Waals surface area contributed by atoms with Gasteiger partial charge in [-0.2, -0.15) is 0 Å². The van der Waals surface area contributed by atoms with E-state index in [1.54, 1.807) is 24.4 Å². The second-order valence-electron chi connectivity index (χ2n) is 4.03. The Labute approximate surface area is 116 Å². The molecule has 0 unspecified atom stereocenters. The summed E-state index contributed by atoms with van der Waals surface area (Å²) in [6.45, 7) is 2.49. The third kappa shape index (κ3) is 3.08. The molecule has 1 heterocycles. The van der Waals surface area contributed by atoms with Crippen molar-refractivity contribution in [2.24, 2.45) is 7.05 Å². The van der Waals surface area contributed by atoms with Crippen molar-refractivity contribution in [1.82, 2.24) is 14.9 Å². The molecule has 0 radical (unpaired) electrons. The number of imidazole rings is 1. The molecule has 0 saturated heterocycles. The Balaban J connectivity index is 2.27. The molecule has 0 atom stereocenters. The van der Waals surface area contributed by atoms with Gasteiger partial charge in [-0.1, -0.05) is 0 Å². The third-order valence-electron chi connectivity index (χ3n) is 2.59. The lowest BCUT2D eigenvalue weighted by molar-refractivity contribution is 0.0955. The number of anilines is 1. The van der Waals surface area contributed by atoms with Crippen LogP contribution in [0.3, 0.4) is 0 Å². The van der Waals surface area contributed by atoms with Gasteiger partial charge in [0, 0.05) is 42.1 Å². The fourth-order valence-corrected chi connectivity index (χ4v) is 2.46. The van der Waals surface area contributed by atoms with Crippen molar-refractivity contribution in [1.29, 1.82) is 0 Å². The number of hydrogen-bond acceptors (Lipinski definition) is 4. The molecule has 3 N–H and O–H groups in total. The maximum atomic E-state index is 11.8. The van der Waals surface area contributed by atoms with Crippen molar-refractivity contribution in [2.75, 3.05) is 12.3 Å². The van der Waals surface area contributed by atoms with E-state index in [1.807, 2.05) is 24.7 Å². The molecule has 0 aliphatic heterocycles. The Morgan fingerprint density at radius 2 is 2.32 bits per heavy atom. The van der Waals surface area contributed by atoms with Gasteiger partial charge in [-0.15, -0.1) is 0 Å². The first kappa shape index (κ1) is 13.5. The summed E-state index contributed by atoms with van der Waals surface area (Å²) in [5.74, 6) is -0.0933. The number of carbonyl (C=O) groups is 1. The minimum Gasteiger partial charge on any atom is -0.398 e. The second-order valence-corrected chi connectivity index (χ2v) is 5.04. The minimum atomic E-state index is -0.0933. The highest BCUT2D eigenvalue weighted by molar-refractivity contribution is 7.99. The maximum absolute atomic E-state index is 11.8. The van der Waals surface area contributed by atoms with E-state index >= 15 is 0 Å². The summed E-state index contributed by atoms with van der Waals surface area (Å²) in [5, 5.41) is 3.60. The highest BCUT2D eigenvalue weighted by atomic mass is 32.2. The predicted octanol–water partition coefficient (Wildman–Crippen LogP) is 1.90. The minimum absolute atomic E-state index is 0.0933. The van der Waals surface area contributed by atoms with Crippen LogP contribution in [0.25, 0.3) is 0 Å². The number of benzene rings is 1. The van der Waals surface area contributed by atoms with Crippen LogP contribution in [0.1, 0.15) is 17.3 Å². The molecule has 0 spiro atoms. The van der Waals surface area contributed by atoms with Gasteiger partial charge in [0.05, 0.1) is 0 Å². The topological polar surface area (TPSA) is 72.9 Å². The van der Waals surface area contributed by atoms with E-state index in [2.05, 4.69) is 10.3 Å². The number of aryl methyl sites for hydroxylation is 1. The number of carbonyl (C=O) groups excluding carboxylic acids is 1. The first-order valence-corrected chi connectivity index (χ1v) is 6.76. The van der Waals surface area contributed by atoms with Crippen molar-refractivity contribution in [3.63, 3.8) is 0 Å². The Kier molecular flexibility index (Phi) is 4.11. The smallest absolute Gasteiger partial charge is 0.251 e. The molecule has 100 valence electrons. The number of nitrogen functional groups attached to an aromatic ring is 1. The number of aromatic nitrogens is 2. The normalized spacial score (nSPS) is 10.4. The summed E-state index contributed by atoms with van der Waals surface area (Å²) in [5.41, 5.74) is 7.18. The van der Waals surface area contributed by atoms with Crippen molar-refractivity contribution in [3.05, 3.63) is 36.2 Å². The number of nitrogens with one attached hydrogen (secondary N) is 1. The molecular weight excluding hydrogens is 260 g/mol. The van der Waals surface area contributed by atoms with E-state index in [9.17, 15) is 4.79 Å². The summed E-state index contributed by atoms with van der Waals surface area (Å²) in [6, 6.07) is 5.26. The number of hydrogen-bond donors (Lipinski definition) is 2. The van der Waals surface area contributed by atoms with Crippen LogP contribution in [0.5, 0.6) is 0 Å². The summed E-state index contributed by atoms with van der Waals surface area (Å²) in [6.07, 6.45) is 3.60. The van der Waals surface area contributed by atoms with Crippen LogP contribution in [0.15, 0.2) is 40.6 Å². The quantitative estimate of drug-likeness (QED) is 0.837. The van der Waals surface area contributed by atoms with Gasteiger partial charge >= 0.3 is 0 Å². The standard InChI is InChI=1S/C13H16N4OS/c1-3-15-12(18)9-4-5-10(14)11(8-9)19-13-16-6-7-17(13)2/h4-8H,3,14H2,1-2H3,(H,15,18). The molecular formula is C13H16N4OS. The number of amides is 1. The van der Waals surface area contributed by atoms with Crippen molar-refractivity contribution < 1.29 is 4.79 Å². The van der Waals surface area contributed by atoms with Gasteiger partial charge in [0.1, 0.15) is 0 Å². The lowest BCUT2D eigenvalue weighted by Gasteiger charge is -2.08. The Hall–Kier alpha value is -1.95. The van der Waals surface area contributed by atoms with Gasteiger partial charge in [0.15, 0.2) is 5.16 Å². The molecule has 2 rings (SSSR count). The van der Waals surface area contributed by atoms with Crippen LogP contribution >= 0.6 is 11.8 Å². The number of rotatable bonds is 4. The van der Waals surface area contributed by atoms with E-state index in [0.29, 0.717) is 17.8 Å². The largest absolute Gasteiger partial charge is 0.398 e. The zero-order valence-corrected chi connectivity index (χ0v) is 11.7. The average Bonchev–Trinajstić information content (AvgIpc) is 2.78. The number of nitrogens with zero attached hydrogens (tertiary/aromatic N) is 2. The van der Waals surface area contributed by atoms with Gasteiger partial charge in [0.2, 0.25) is 0 Å². The predicted molar refractivity (Wildman–Crippen MR) is 76.2 cm³/mol. The molecule has 1 aromatic carbocycles. The van der Waals surface area contributed by atoms with Gasteiger partial charge in [0.25, 0.3) is 5.91 Å². The highest BCUT2D eigenvalue weighted by Gasteiger charge is 2.10. The molecule has 19 heavy (non-hydrogen) atoms. The zero-order valence-electron chi connectivity index (χ0n) is 10.9. The molecule has 0 aliphatic carbocycles. The first-order chi connectivity index (χ1) is 9.11. The summed E-state index contributed by atoms with van der Waals surface area (Å²) < 4.78 is 1.91. The van der Waals surface area contributed by atoms with E-state index in [-0.39, 0.29) is 5.91 Å². The second kappa shape index (κ2) is 5.79. The van der Waals surface area contributed by atoms with E-state index < -0.39 is 0 Å². The van der Waals surface area contributed by atoms with Crippen LogP contribution in [0.4, 0.5) is 5.69 Å². The lowest BCUT2D eigenvalue weighted by Crippen LogP contribution is -2.22. The Morgan fingerprint density at radius 3 is 2.95 bits per heavy atom. The molecule has 0 saturated carbocycles. The SMILES string of the molecule is CCNC(=O)c1ccc(N)c(Sc2nccn2C)c1. The molecule has 0 aliphatic rings. The van der Waals surface area contributed by atoms with Crippen molar-refractivity contribution in [3.8, 4) is 0 Å². The van der Waals surface area contributed by atoms with Crippen LogP contribution in [0, 0.1) is 0 Å². The van der Waals surface area contributed by atoms with E-state index in [1.165, 1.54) is 11.8 Å². The van der Waals surface area contributed by atoms with Crippen LogP contribution in [0.2, 0.25) is 0 Å². The Morgan fingerprint density at radius 1 is 1.53 bits per heavy atom. The van der Waals surface area contributed by atoms with E-state index in [4.69, 9.17) is 5.73 Å². The van der Waals surface area contributed by atoms with Crippen LogP contribution in [-0.4, -0.2) is 22.0 Å². The van der Waals surface area contributed by atoms with Crippen LogP contribution < -0.4 is 11.1 Å². The fraction of sp³-hybridized carbons (Fsp3) is 0.231. The summed E-state index contributed by atoms with van der Waals surface area (Å²) in [7, 11) is 1.92. The average molecular weight is 276 g/mol. The molecule has 6 heteroatoms. The van der Waals surface area contributed by atoms with Crippen LogP contribution in [-0.2, 0) is 7.05 Å². The van der Waals surface area contributed by atoms with Crippen molar-refractivity contribution in [2.45, 2.75) is 17.0 Å². The molecule has 5 nitrogen and oxygen atoms in total.